The van der Waals surface area contributed by atoms with Gasteiger partial charge in [-0.25, -0.2) is 0 Å². The Morgan fingerprint density at radius 3 is 2.77 bits per heavy atom. The number of ketones is 1. The molecule has 1 aromatic rings. The molecule has 70 valence electrons. The Hall–Kier alpha value is -0.670. The molecule has 0 aliphatic rings. The van der Waals surface area contributed by atoms with Gasteiger partial charge in [0.15, 0.2) is 5.78 Å². The molecule has 0 saturated carbocycles. The van der Waals surface area contributed by atoms with Crippen LogP contribution in [0.1, 0.15) is 17.3 Å². The zero-order valence-electron chi connectivity index (χ0n) is 7.67. The molecule has 13 heavy (non-hydrogen) atoms. The molecule has 3 heteroatoms. The number of likely N-dealkylation sites (N-methyl/N-ethyl adjacent to an activating group) is 1. The first-order chi connectivity index (χ1) is 6.15. The minimum absolute atomic E-state index is 0.115. The number of carbonyl (C=O) groups excluding carboxylic acids is 1. The van der Waals surface area contributed by atoms with Gasteiger partial charge in [-0.05, 0) is 26.1 Å². The fourth-order valence-electron chi connectivity index (χ4n) is 1.02. The number of hydrogen-bond donors (Lipinski definition) is 1. The van der Waals surface area contributed by atoms with Crippen molar-refractivity contribution in [1.82, 2.24) is 5.32 Å². The molecule has 0 aliphatic heterocycles. The average molecular weight is 242 g/mol. The summed E-state index contributed by atoms with van der Waals surface area (Å²) in [6, 6.07) is 7.28. The summed E-state index contributed by atoms with van der Waals surface area (Å²) in [5.74, 6) is 0.115. The molecule has 1 atom stereocenters. The Morgan fingerprint density at radius 1 is 1.54 bits per heavy atom. The van der Waals surface area contributed by atoms with E-state index in [1.807, 2.05) is 31.2 Å². The topological polar surface area (TPSA) is 29.1 Å². The summed E-state index contributed by atoms with van der Waals surface area (Å²) in [5, 5.41) is 2.92. The average Bonchev–Trinajstić information content (AvgIpc) is 2.15. The van der Waals surface area contributed by atoms with Gasteiger partial charge in [-0.15, -0.1) is 0 Å². The molecule has 1 aromatic carbocycles. The molecule has 0 amide bonds. The second-order valence-electron chi connectivity index (χ2n) is 2.88. The normalized spacial score (nSPS) is 12.5. The van der Waals surface area contributed by atoms with E-state index in [2.05, 4.69) is 21.2 Å². The SMILES string of the molecule is CNC(C)C(=O)c1cccc(Br)c1. The van der Waals surface area contributed by atoms with Crippen LogP contribution in [0.5, 0.6) is 0 Å². The molecular formula is C10H12BrNO. The van der Waals surface area contributed by atoms with E-state index in [1.54, 1.807) is 7.05 Å². The van der Waals surface area contributed by atoms with Crippen LogP contribution in [0.3, 0.4) is 0 Å². The van der Waals surface area contributed by atoms with Crippen molar-refractivity contribution < 1.29 is 4.79 Å². The van der Waals surface area contributed by atoms with Crippen molar-refractivity contribution in [3.63, 3.8) is 0 Å². The van der Waals surface area contributed by atoms with Crippen LogP contribution in [0.15, 0.2) is 28.7 Å². The van der Waals surface area contributed by atoms with Gasteiger partial charge in [-0.1, -0.05) is 28.1 Å². The molecule has 0 saturated heterocycles. The molecule has 2 nitrogen and oxygen atoms in total. The second-order valence-corrected chi connectivity index (χ2v) is 3.80. The molecule has 1 N–H and O–H groups in total. The van der Waals surface area contributed by atoms with Crippen molar-refractivity contribution in [3.05, 3.63) is 34.3 Å². The summed E-state index contributed by atoms with van der Waals surface area (Å²) < 4.78 is 0.932. The van der Waals surface area contributed by atoms with Crippen molar-refractivity contribution in [2.75, 3.05) is 7.05 Å². The summed E-state index contributed by atoms with van der Waals surface area (Å²) >= 11 is 3.33. The number of carbonyl (C=O) groups is 1. The maximum Gasteiger partial charge on any atom is 0.179 e. The Balaban J connectivity index is 2.89. The maximum atomic E-state index is 11.6. The minimum atomic E-state index is -0.130. The van der Waals surface area contributed by atoms with Gasteiger partial charge in [0, 0.05) is 10.0 Å². The Bertz CT molecular complexity index is 312. The van der Waals surface area contributed by atoms with Crippen molar-refractivity contribution in [2.24, 2.45) is 0 Å². The highest BCUT2D eigenvalue weighted by molar-refractivity contribution is 9.10. The largest absolute Gasteiger partial charge is 0.310 e. The molecule has 0 fully saturated rings. The van der Waals surface area contributed by atoms with Crippen molar-refractivity contribution in [1.29, 1.82) is 0 Å². The molecular weight excluding hydrogens is 230 g/mol. The minimum Gasteiger partial charge on any atom is -0.310 e. The zero-order chi connectivity index (χ0) is 9.84. The van der Waals surface area contributed by atoms with Crippen molar-refractivity contribution in [3.8, 4) is 0 Å². The monoisotopic (exact) mass is 241 g/mol. The van der Waals surface area contributed by atoms with Crippen LogP contribution in [0.25, 0.3) is 0 Å². The molecule has 0 aromatic heterocycles. The van der Waals surface area contributed by atoms with Gasteiger partial charge in [-0.3, -0.25) is 4.79 Å². The number of Topliss-reactive ketones (excluding diaryl/α,β-unsaturated/α-hetero) is 1. The number of halogens is 1. The Labute approximate surface area is 86.5 Å². The number of benzene rings is 1. The molecule has 0 aliphatic carbocycles. The van der Waals surface area contributed by atoms with Gasteiger partial charge < -0.3 is 5.32 Å². The van der Waals surface area contributed by atoms with E-state index in [-0.39, 0.29) is 11.8 Å². The van der Waals surface area contributed by atoms with Gasteiger partial charge in [0.1, 0.15) is 0 Å². The molecule has 0 heterocycles. The fraction of sp³-hybridized carbons (Fsp3) is 0.300. The number of hydrogen-bond acceptors (Lipinski definition) is 2. The summed E-state index contributed by atoms with van der Waals surface area (Å²) in [7, 11) is 1.78. The lowest BCUT2D eigenvalue weighted by Gasteiger charge is -2.08. The quantitative estimate of drug-likeness (QED) is 0.823. The first-order valence-corrected chi connectivity index (χ1v) is 4.91. The summed E-state index contributed by atoms with van der Waals surface area (Å²) in [5.41, 5.74) is 0.733. The van der Waals surface area contributed by atoms with Gasteiger partial charge in [-0.2, -0.15) is 0 Å². The van der Waals surface area contributed by atoms with Crippen molar-refractivity contribution in [2.45, 2.75) is 13.0 Å². The standard InChI is InChI=1S/C10H12BrNO/c1-7(12-2)10(13)8-4-3-5-9(11)6-8/h3-7,12H,1-2H3. The third-order valence-electron chi connectivity index (χ3n) is 1.94. The van der Waals surface area contributed by atoms with E-state index in [0.717, 1.165) is 10.0 Å². The second kappa shape index (κ2) is 4.53. The zero-order valence-corrected chi connectivity index (χ0v) is 9.26. The molecule has 1 rings (SSSR count). The van der Waals surface area contributed by atoms with Crippen LogP contribution in [0.2, 0.25) is 0 Å². The van der Waals surface area contributed by atoms with Crippen LogP contribution in [-0.4, -0.2) is 18.9 Å². The van der Waals surface area contributed by atoms with E-state index in [1.165, 1.54) is 0 Å². The van der Waals surface area contributed by atoms with Gasteiger partial charge >= 0.3 is 0 Å². The Morgan fingerprint density at radius 2 is 2.23 bits per heavy atom. The molecule has 0 radical (unpaired) electrons. The highest BCUT2D eigenvalue weighted by Crippen LogP contribution is 2.12. The highest BCUT2D eigenvalue weighted by atomic mass is 79.9. The van der Waals surface area contributed by atoms with Gasteiger partial charge in [0.2, 0.25) is 0 Å². The molecule has 0 spiro atoms. The van der Waals surface area contributed by atoms with Crippen LogP contribution in [0.4, 0.5) is 0 Å². The number of rotatable bonds is 3. The van der Waals surface area contributed by atoms with E-state index >= 15 is 0 Å². The number of nitrogens with one attached hydrogen (secondary N) is 1. The lowest BCUT2D eigenvalue weighted by Crippen LogP contribution is -2.30. The van der Waals surface area contributed by atoms with Gasteiger partial charge in [0.25, 0.3) is 0 Å². The third-order valence-corrected chi connectivity index (χ3v) is 2.43. The van der Waals surface area contributed by atoms with Crippen molar-refractivity contribution >= 4 is 21.7 Å². The van der Waals surface area contributed by atoms with E-state index in [4.69, 9.17) is 0 Å². The summed E-state index contributed by atoms with van der Waals surface area (Å²) in [4.78, 5) is 11.6. The molecule has 0 bridgehead atoms. The third kappa shape index (κ3) is 2.64. The van der Waals surface area contributed by atoms with Gasteiger partial charge in [0.05, 0.1) is 6.04 Å². The predicted molar refractivity (Wildman–Crippen MR) is 57.0 cm³/mol. The fourth-order valence-corrected chi connectivity index (χ4v) is 1.42. The van der Waals surface area contributed by atoms with E-state index < -0.39 is 0 Å². The first kappa shape index (κ1) is 10.4. The highest BCUT2D eigenvalue weighted by Gasteiger charge is 2.12. The van der Waals surface area contributed by atoms with Crippen LogP contribution >= 0.6 is 15.9 Å². The Kier molecular flexibility index (Phi) is 3.63. The first-order valence-electron chi connectivity index (χ1n) is 4.12. The maximum absolute atomic E-state index is 11.6. The van der Waals surface area contributed by atoms with Crippen LogP contribution < -0.4 is 5.32 Å². The lowest BCUT2D eigenvalue weighted by molar-refractivity contribution is 0.0955. The van der Waals surface area contributed by atoms with Crippen LogP contribution in [-0.2, 0) is 0 Å². The smallest absolute Gasteiger partial charge is 0.179 e. The van der Waals surface area contributed by atoms with E-state index in [0.29, 0.717) is 0 Å². The predicted octanol–water partition coefficient (Wildman–Crippen LogP) is 2.24. The van der Waals surface area contributed by atoms with Crippen LogP contribution in [0, 0.1) is 0 Å². The van der Waals surface area contributed by atoms with E-state index in [9.17, 15) is 4.79 Å². The molecule has 1 unspecified atom stereocenters. The lowest BCUT2D eigenvalue weighted by atomic mass is 10.1. The summed E-state index contributed by atoms with van der Waals surface area (Å²) in [6.07, 6.45) is 0. The summed E-state index contributed by atoms with van der Waals surface area (Å²) in [6.45, 7) is 1.85.